The molecule has 1 aliphatic heterocycles. The second-order valence-electron chi connectivity index (χ2n) is 7.23. The molecule has 0 bridgehead atoms. The van der Waals surface area contributed by atoms with Crippen molar-refractivity contribution in [2.75, 3.05) is 20.3 Å². The molecule has 1 unspecified atom stereocenters. The number of ether oxygens (including phenoxy) is 2. The first kappa shape index (κ1) is 15.6. The highest BCUT2D eigenvalue weighted by Gasteiger charge is 2.50. The molecular formula is C15H27NO4. The van der Waals surface area contributed by atoms with Gasteiger partial charge in [0.1, 0.15) is 5.60 Å². The molecule has 1 saturated heterocycles. The Bertz CT molecular complexity index is 357. The van der Waals surface area contributed by atoms with Gasteiger partial charge in [-0.1, -0.05) is 0 Å². The first-order chi connectivity index (χ1) is 9.28. The van der Waals surface area contributed by atoms with Crippen LogP contribution in [0, 0.1) is 5.41 Å². The van der Waals surface area contributed by atoms with Crippen LogP contribution in [0.3, 0.4) is 0 Å². The zero-order chi connectivity index (χ0) is 15.0. The fraction of sp³-hybridized carbons (Fsp3) is 0.933. The number of aliphatic hydroxyl groups is 1. The van der Waals surface area contributed by atoms with Gasteiger partial charge in [0.15, 0.2) is 0 Å². The Morgan fingerprint density at radius 2 is 2.00 bits per heavy atom. The number of amides is 1. The molecule has 1 saturated carbocycles. The summed E-state index contributed by atoms with van der Waals surface area (Å²) in [4.78, 5) is 13.9. The molecule has 5 heteroatoms. The third kappa shape index (κ3) is 3.26. The Morgan fingerprint density at radius 3 is 2.50 bits per heavy atom. The number of aliphatic hydroxyl groups excluding tert-OH is 1. The summed E-state index contributed by atoms with van der Waals surface area (Å²) in [5.74, 6) is 0. The SMILES string of the molecule is COC1CC2(CCN(C(=O)OC(C)(C)C)C(CO)C2)C1. The minimum Gasteiger partial charge on any atom is -0.444 e. The van der Waals surface area contributed by atoms with E-state index in [2.05, 4.69) is 0 Å². The van der Waals surface area contributed by atoms with Crippen LogP contribution in [0.2, 0.25) is 0 Å². The van der Waals surface area contributed by atoms with Crippen molar-refractivity contribution < 1.29 is 19.4 Å². The largest absolute Gasteiger partial charge is 0.444 e. The second kappa shape index (κ2) is 5.53. The molecule has 2 aliphatic rings. The number of rotatable bonds is 2. The Labute approximate surface area is 121 Å². The first-order valence-electron chi connectivity index (χ1n) is 7.42. The van der Waals surface area contributed by atoms with Crippen molar-refractivity contribution in [1.82, 2.24) is 4.90 Å². The molecule has 20 heavy (non-hydrogen) atoms. The van der Waals surface area contributed by atoms with Crippen LogP contribution in [0.15, 0.2) is 0 Å². The lowest BCUT2D eigenvalue weighted by Gasteiger charge is -2.54. The van der Waals surface area contributed by atoms with Crippen LogP contribution in [0.5, 0.6) is 0 Å². The molecule has 1 spiro atoms. The average Bonchev–Trinajstić information content (AvgIpc) is 2.32. The molecule has 1 atom stereocenters. The summed E-state index contributed by atoms with van der Waals surface area (Å²) in [7, 11) is 1.75. The number of nitrogens with zero attached hydrogens (tertiary/aromatic N) is 1. The van der Waals surface area contributed by atoms with E-state index in [1.807, 2.05) is 20.8 Å². The van der Waals surface area contributed by atoms with E-state index in [-0.39, 0.29) is 24.2 Å². The molecule has 1 amide bonds. The highest BCUT2D eigenvalue weighted by atomic mass is 16.6. The van der Waals surface area contributed by atoms with Crippen LogP contribution in [0.25, 0.3) is 0 Å². The van der Waals surface area contributed by atoms with Gasteiger partial charge in [0.25, 0.3) is 0 Å². The fourth-order valence-corrected chi connectivity index (χ4v) is 3.42. The Morgan fingerprint density at radius 1 is 1.35 bits per heavy atom. The molecule has 1 N–H and O–H groups in total. The number of likely N-dealkylation sites (tertiary alicyclic amines) is 1. The van der Waals surface area contributed by atoms with E-state index in [1.54, 1.807) is 12.0 Å². The van der Waals surface area contributed by atoms with E-state index >= 15 is 0 Å². The van der Waals surface area contributed by atoms with E-state index < -0.39 is 5.60 Å². The number of hydrogen-bond donors (Lipinski definition) is 1. The van der Waals surface area contributed by atoms with Gasteiger partial charge in [0.05, 0.1) is 18.8 Å². The highest BCUT2D eigenvalue weighted by molar-refractivity contribution is 5.68. The zero-order valence-electron chi connectivity index (χ0n) is 13.0. The molecule has 0 aromatic rings. The summed E-state index contributed by atoms with van der Waals surface area (Å²) in [5, 5.41) is 9.60. The number of methoxy groups -OCH3 is 1. The minimum atomic E-state index is -0.496. The molecule has 0 radical (unpaired) electrons. The van der Waals surface area contributed by atoms with Crippen LogP contribution in [-0.2, 0) is 9.47 Å². The Balaban J connectivity index is 1.95. The molecule has 2 fully saturated rings. The topological polar surface area (TPSA) is 59.0 Å². The summed E-state index contributed by atoms with van der Waals surface area (Å²) >= 11 is 0. The number of hydrogen-bond acceptors (Lipinski definition) is 4. The fourth-order valence-electron chi connectivity index (χ4n) is 3.42. The molecule has 5 nitrogen and oxygen atoms in total. The Kier molecular flexibility index (Phi) is 4.30. The molecular weight excluding hydrogens is 258 g/mol. The number of piperidine rings is 1. The van der Waals surface area contributed by atoms with Crippen molar-refractivity contribution >= 4 is 6.09 Å². The lowest BCUT2D eigenvalue weighted by molar-refractivity contribution is -0.106. The monoisotopic (exact) mass is 285 g/mol. The first-order valence-corrected chi connectivity index (χ1v) is 7.42. The van der Waals surface area contributed by atoms with Crippen molar-refractivity contribution in [1.29, 1.82) is 0 Å². The third-order valence-electron chi connectivity index (χ3n) is 4.49. The third-order valence-corrected chi connectivity index (χ3v) is 4.49. The normalized spacial score (nSPS) is 34.0. The maximum atomic E-state index is 12.2. The summed E-state index contributed by atoms with van der Waals surface area (Å²) in [5.41, 5.74) is -0.240. The van der Waals surface area contributed by atoms with Crippen LogP contribution in [0.4, 0.5) is 4.79 Å². The van der Waals surface area contributed by atoms with Gasteiger partial charge in [-0.3, -0.25) is 0 Å². The predicted molar refractivity (Wildman–Crippen MR) is 75.5 cm³/mol. The van der Waals surface area contributed by atoms with Gasteiger partial charge in [-0.15, -0.1) is 0 Å². The van der Waals surface area contributed by atoms with E-state index in [0.717, 1.165) is 25.7 Å². The Hall–Kier alpha value is -0.810. The summed E-state index contributed by atoms with van der Waals surface area (Å²) in [6.07, 6.45) is 3.95. The van der Waals surface area contributed by atoms with E-state index in [4.69, 9.17) is 9.47 Å². The van der Waals surface area contributed by atoms with E-state index in [0.29, 0.717) is 12.6 Å². The molecule has 0 aromatic heterocycles. The molecule has 116 valence electrons. The smallest absolute Gasteiger partial charge is 0.410 e. The van der Waals surface area contributed by atoms with Crippen LogP contribution in [0.1, 0.15) is 46.5 Å². The van der Waals surface area contributed by atoms with Crippen molar-refractivity contribution in [3.8, 4) is 0 Å². The molecule has 1 heterocycles. The van der Waals surface area contributed by atoms with Gasteiger partial charge in [0, 0.05) is 13.7 Å². The predicted octanol–water partition coefficient (Wildman–Crippen LogP) is 2.17. The van der Waals surface area contributed by atoms with Gasteiger partial charge in [-0.25, -0.2) is 4.79 Å². The molecule has 1 aliphatic carbocycles. The summed E-state index contributed by atoms with van der Waals surface area (Å²) in [6.45, 7) is 6.24. The summed E-state index contributed by atoms with van der Waals surface area (Å²) < 4.78 is 10.8. The molecule has 2 rings (SSSR count). The average molecular weight is 285 g/mol. The van der Waals surface area contributed by atoms with Crippen molar-refractivity contribution in [3.05, 3.63) is 0 Å². The number of carbonyl (C=O) groups is 1. The van der Waals surface area contributed by atoms with Gasteiger partial charge < -0.3 is 19.5 Å². The molecule has 0 aromatic carbocycles. The van der Waals surface area contributed by atoms with Gasteiger partial charge in [0.2, 0.25) is 0 Å². The van der Waals surface area contributed by atoms with Crippen LogP contribution in [-0.4, -0.2) is 54.1 Å². The summed E-state index contributed by atoms with van der Waals surface area (Å²) in [6, 6.07) is -0.128. The number of carbonyl (C=O) groups excluding carboxylic acids is 1. The van der Waals surface area contributed by atoms with Crippen LogP contribution < -0.4 is 0 Å². The second-order valence-corrected chi connectivity index (χ2v) is 7.23. The minimum absolute atomic E-state index is 0.00135. The maximum Gasteiger partial charge on any atom is 0.410 e. The standard InChI is InChI=1S/C15H27NO4/c1-14(2,3)20-13(18)16-6-5-15(7-11(16)10-17)8-12(9-15)19-4/h11-12,17H,5-10H2,1-4H3. The van der Waals surface area contributed by atoms with Gasteiger partial charge in [-0.05, 0) is 51.9 Å². The van der Waals surface area contributed by atoms with Crippen molar-refractivity contribution in [3.63, 3.8) is 0 Å². The zero-order valence-corrected chi connectivity index (χ0v) is 13.0. The van der Waals surface area contributed by atoms with Gasteiger partial charge >= 0.3 is 6.09 Å². The van der Waals surface area contributed by atoms with E-state index in [9.17, 15) is 9.90 Å². The quantitative estimate of drug-likeness (QED) is 0.845. The van der Waals surface area contributed by atoms with Crippen molar-refractivity contribution in [2.45, 2.75) is 64.2 Å². The highest BCUT2D eigenvalue weighted by Crippen LogP contribution is 2.51. The maximum absolute atomic E-state index is 12.2. The van der Waals surface area contributed by atoms with E-state index in [1.165, 1.54) is 0 Å². The lowest BCUT2D eigenvalue weighted by Crippen LogP contribution is -2.57. The van der Waals surface area contributed by atoms with Crippen molar-refractivity contribution in [2.24, 2.45) is 5.41 Å². The van der Waals surface area contributed by atoms with Crippen LogP contribution >= 0.6 is 0 Å². The van der Waals surface area contributed by atoms with Gasteiger partial charge in [-0.2, -0.15) is 0 Å². The lowest BCUT2D eigenvalue weighted by atomic mass is 9.60.